The first-order valence-electron chi connectivity index (χ1n) is 49.1. The van der Waals surface area contributed by atoms with E-state index in [9.17, 15) is 0 Å². The SMILES string of the molecule is CCCCCCCCCCCCc1c(CCCCCCCCCCCC)c2cc(c1CCCCCCCCCCCC)c1cccc(c1)nnc1cccc(c1)c1cc(c(CCCCCCCCCCCC)c(CCCCCCCCCCCC)c1CCCCCCCCCCCC)c1cccc(c1)nnc1cccc2c1. The van der Waals surface area contributed by atoms with Crippen molar-refractivity contribution >= 4 is 65.2 Å². The number of aryl methyl sites for hydroxylation is 4. The zero-order chi connectivity index (χ0) is 78.6. The molecule has 0 spiro atoms. The predicted octanol–water partition coefficient (Wildman–Crippen LogP) is 35.8. The van der Waals surface area contributed by atoms with E-state index in [-0.39, 0.29) is 0 Å². The molecule has 4 heteroatoms. The molecule has 0 fully saturated rings. The summed E-state index contributed by atoms with van der Waals surface area (Å²) >= 11 is 0. The number of unbranched alkanes of at least 4 members (excludes halogenated alkanes) is 54. The van der Waals surface area contributed by atoms with Crippen LogP contribution in [0.4, 0.5) is 0 Å². The maximum Gasteiger partial charge on any atom is 0.0863 e. The summed E-state index contributed by atoms with van der Waals surface area (Å²) in [5.74, 6) is 0. The summed E-state index contributed by atoms with van der Waals surface area (Å²) in [6.45, 7) is 14.0. The van der Waals surface area contributed by atoms with Crippen LogP contribution in [0.5, 0.6) is 0 Å². The van der Waals surface area contributed by atoms with Crippen LogP contribution in [-0.4, -0.2) is 20.4 Å². The molecule has 0 aliphatic carbocycles. The Balaban J connectivity index is 1.44. The van der Waals surface area contributed by atoms with Gasteiger partial charge in [-0.1, -0.05) is 437 Å². The van der Waals surface area contributed by atoms with Crippen LogP contribution < -0.4 is 0 Å². The average molecular weight is 1520 g/mol. The highest BCUT2D eigenvalue weighted by Crippen LogP contribution is 2.38. The Morgan fingerprint density at radius 1 is 0.152 bits per heavy atom. The molecule has 6 aromatic carbocycles. The van der Waals surface area contributed by atoms with E-state index < -0.39 is 0 Å². The topological polar surface area (TPSA) is 51.6 Å². The van der Waals surface area contributed by atoms with Crippen molar-refractivity contribution in [3.05, 3.63) is 143 Å². The van der Waals surface area contributed by atoms with E-state index in [0.29, 0.717) is 0 Å². The van der Waals surface area contributed by atoms with Gasteiger partial charge in [-0.25, -0.2) is 0 Å². The van der Waals surface area contributed by atoms with E-state index in [2.05, 4.69) is 151 Å². The Labute approximate surface area is 689 Å². The Hall–Kier alpha value is -5.48. The average Bonchev–Trinajstić information content (AvgIpc) is 0.771. The third-order valence-electron chi connectivity index (χ3n) is 25.2. The summed E-state index contributed by atoms with van der Waals surface area (Å²) in [6.07, 6.45) is 87.5. The van der Waals surface area contributed by atoms with Gasteiger partial charge in [-0.15, -0.1) is 0 Å². The van der Waals surface area contributed by atoms with E-state index >= 15 is 0 Å². The van der Waals surface area contributed by atoms with Crippen molar-refractivity contribution in [2.45, 2.75) is 465 Å². The first-order chi connectivity index (χ1) is 55.5. The first-order valence-corrected chi connectivity index (χ1v) is 49.1. The quantitative estimate of drug-likeness (QED) is 0.0357. The molecule has 0 aliphatic heterocycles. The molecule has 7 rings (SSSR count). The molecule has 0 atom stereocenters. The standard InChI is InChI=1S/C108H168N4/c1-7-13-19-25-31-37-43-49-55-61-79-99-101(81-63-57-51-45-39-33-27-21-15-9-3)105-89-106(102(99)82-64-58-52-46-40-34-28-22-16-10-4)92-72-68-76-96(86-92)110-112-98-78-70-74-94(88-98)108-90-107(93-73-69-77-97(87-93)111-109-95-75-67-71-91(105)85-95)103(83-65-59-53-47-41-35-29-23-17-11-5)100(80-62-56-50-44-38-32-26-20-14-8-2)104(108)84-66-60-54-48-42-36-30-24-18-12-6/h67-78,85-90H,7-66,79-84H2,1-6H3. The number of benzene rings is 6. The molecule has 7 aromatic rings. The molecule has 112 heavy (non-hydrogen) atoms. The molecule has 0 amide bonds. The van der Waals surface area contributed by atoms with Crippen molar-refractivity contribution < 1.29 is 0 Å². The lowest BCUT2D eigenvalue weighted by atomic mass is 9.84. The normalized spacial score (nSPS) is 11.7. The molecular weight excluding hydrogens is 1350 g/mol. The fourth-order valence-corrected chi connectivity index (χ4v) is 18.3. The van der Waals surface area contributed by atoms with Gasteiger partial charge in [0, 0.05) is 0 Å². The van der Waals surface area contributed by atoms with Gasteiger partial charge in [0.25, 0.3) is 0 Å². The Kier molecular flexibility index (Phi) is 51.7. The first kappa shape index (κ1) is 93.7. The lowest BCUT2D eigenvalue weighted by molar-refractivity contribution is 0.551. The summed E-state index contributed by atoms with van der Waals surface area (Å²) in [7, 11) is 0. The van der Waals surface area contributed by atoms with Crippen LogP contribution in [0.3, 0.4) is 0 Å². The summed E-state index contributed by atoms with van der Waals surface area (Å²) < 4.78 is 0. The van der Waals surface area contributed by atoms with Crippen LogP contribution in [0.2, 0.25) is 0 Å². The van der Waals surface area contributed by atoms with E-state index in [4.69, 9.17) is 20.4 Å². The van der Waals surface area contributed by atoms with Gasteiger partial charge < -0.3 is 0 Å². The van der Waals surface area contributed by atoms with Crippen molar-refractivity contribution in [2.75, 3.05) is 0 Å². The van der Waals surface area contributed by atoms with Crippen molar-refractivity contribution in [3.63, 3.8) is 0 Å². The van der Waals surface area contributed by atoms with Crippen LogP contribution in [0.1, 0.15) is 460 Å². The summed E-state index contributed by atoms with van der Waals surface area (Å²) in [5, 5.41) is 31.8. The Bertz CT molecular complexity index is 3310. The molecule has 0 unspecified atom stereocenters. The van der Waals surface area contributed by atoms with Crippen LogP contribution in [-0.2, 0) is 38.5 Å². The number of hydrogen-bond donors (Lipinski definition) is 0. The third kappa shape index (κ3) is 37.6. The van der Waals surface area contributed by atoms with Gasteiger partial charge in [-0.05, 0) is 214 Å². The largest absolute Gasteiger partial charge is 0.151 e. The van der Waals surface area contributed by atoms with E-state index in [1.807, 2.05) is 0 Å². The minimum Gasteiger partial charge on any atom is -0.151 e. The number of aromatic nitrogens is 4. The molecule has 1 aromatic heterocycles. The molecule has 620 valence electrons. The molecule has 0 saturated heterocycles. The van der Waals surface area contributed by atoms with Gasteiger partial charge in [0.15, 0.2) is 0 Å². The number of hydrogen-bond acceptors (Lipinski definition) is 4. The van der Waals surface area contributed by atoms with Gasteiger partial charge in [0.05, 0.1) is 22.1 Å². The van der Waals surface area contributed by atoms with Crippen LogP contribution in [0, 0.1) is 0 Å². The lowest BCUT2D eigenvalue weighted by Gasteiger charge is -2.20. The fraction of sp³-hybridized carbons (Fsp3) is 0.667. The van der Waals surface area contributed by atoms with Gasteiger partial charge in [-0.3, -0.25) is 0 Å². The van der Waals surface area contributed by atoms with Crippen LogP contribution in [0.25, 0.3) is 65.2 Å². The van der Waals surface area contributed by atoms with Crippen LogP contribution >= 0.6 is 0 Å². The van der Waals surface area contributed by atoms with E-state index in [1.165, 1.54) is 428 Å². The van der Waals surface area contributed by atoms with Gasteiger partial charge >= 0.3 is 0 Å². The zero-order valence-electron chi connectivity index (χ0n) is 73.9. The molecule has 0 radical (unpaired) electrons. The highest BCUT2D eigenvalue weighted by molar-refractivity contribution is 6.00. The molecule has 0 saturated carbocycles. The van der Waals surface area contributed by atoms with Crippen molar-refractivity contribution in [2.24, 2.45) is 0 Å². The second-order valence-corrected chi connectivity index (χ2v) is 35.0. The van der Waals surface area contributed by atoms with E-state index in [1.54, 1.807) is 33.4 Å². The number of nitrogens with zero attached hydrogens (tertiary/aromatic N) is 4. The zero-order valence-corrected chi connectivity index (χ0v) is 73.9. The second kappa shape index (κ2) is 61.9. The maximum atomic E-state index is 5.29. The monoisotopic (exact) mass is 1520 g/mol. The predicted molar refractivity (Wildman–Crippen MR) is 500 cm³/mol. The van der Waals surface area contributed by atoms with Gasteiger partial charge in [0.2, 0.25) is 0 Å². The molecule has 12 bridgehead atoms. The Morgan fingerprint density at radius 3 is 0.455 bits per heavy atom. The van der Waals surface area contributed by atoms with Crippen LogP contribution in [0.15, 0.2) is 109 Å². The molecule has 0 aliphatic rings. The fourth-order valence-electron chi connectivity index (χ4n) is 18.3. The summed E-state index contributed by atoms with van der Waals surface area (Å²) in [5.41, 5.74) is 13.4. The second-order valence-electron chi connectivity index (χ2n) is 35.0. The highest BCUT2D eigenvalue weighted by Gasteiger charge is 2.19. The summed E-state index contributed by atoms with van der Waals surface area (Å²) in [6, 6.07) is 42.3. The number of fused-ring (bicyclic) bond motifs is 16. The van der Waals surface area contributed by atoms with E-state index in [0.717, 1.165) is 60.6 Å². The van der Waals surface area contributed by atoms with Crippen molar-refractivity contribution in [1.29, 1.82) is 0 Å². The molecule has 4 nitrogen and oxygen atoms in total. The van der Waals surface area contributed by atoms with Crippen molar-refractivity contribution in [3.8, 4) is 0 Å². The lowest BCUT2D eigenvalue weighted by Crippen LogP contribution is -2.04. The minimum atomic E-state index is 0.920. The smallest absolute Gasteiger partial charge is 0.0863 e. The Morgan fingerprint density at radius 2 is 0.295 bits per heavy atom. The van der Waals surface area contributed by atoms with Crippen molar-refractivity contribution in [1.82, 2.24) is 20.4 Å². The number of rotatable bonds is 66. The third-order valence-corrected chi connectivity index (χ3v) is 25.2. The minimum absolute atomic E-state index is 0.920. The molecular formula is C108H168N4. The maximum absolute atomic E-state index is 5.29. The summed E-state index contributed by atoms with van der Waals surface area (Å²) in [4.78, 5) is 0. The molecule has 1 heterocycles. The highest BCUT2D eigenvalue weighted by atomic mass is 15.1. The molecule has 0 N–H and O–H groups in total. The van der Waals surface area contributed by atoms with Gasteiger partial charge in [0.1, 0.15) is 0 Å². The van der Waals surface area contributed by atoms with Gasteiger partial charge in [-0.2, -0.15) is 20.4 Å².